The van der Waals surface area contributed by atoms with Gasteiger partial charge in [-0.05, 0) is 121 Å². The number of aliphatic hydroxyl groups excluding tert-OH is 1. The number of aromatic hydroxyl groups is 3. The van der Waals surface area contributed by atoms with Crippen LogP contribution < -0.4 is 80.6 Å². The molecule has 710 valence electrons. The first-order valence-corrected chi connectivity index (χ1v) is 43.4. The molecule has 26 N–H and O–H groups in total. The summed E-state index contributed by atoms with van der Waals surface area (Å²) in [7, 11) is 0. The summed E-state index contributed by atoms with van der Waals surface area (Å²) in [5.74, 6) is -17.5. The number of hydrogen-bond donors (Lipinski definition) is 24. The predicted molar refractivity (Wildman–Crippen MR) is 475 cm³/mol. The molecule has 0 bridgehead atoms. The number of aliphatic hydroxyl groups is 1. The van der Waals surface area contributed by atoms with Crippen molar-refractivity contribution < 1.29 is 103 Å². The average Bonchev–Trinajstić information content (AvgIpc) is 1.79. The van der Waals surface area contributed by atoms with E-state index in [9.17, 15) is 73.8 Å². The quantitative estimate of drug-likeness (QED) is 0.0121. The van der Waals surface area contributed by atoms with Gasteiger partial charge in [-0.1, -0.05) is 129 Å². The number of nitrogens with one attached hydrogen (secondary N) is 16. The Morgan fingerprint density at radius 1 is 0.466 bits per heavy atom. The number of likely N-dealkylation sites (tertiary alicyclic amines) is 1. The zero-order valence-corrected chi connectivity index (χ0v) is 74.3. The highest BCUT2D eigenvalue weighted by Gasteiger charge is 2.43. The lowest BCUT2D eigenvalue weighted by Crippen LogP contribution is -2.62. The number of H-pyrrole nitrogens is 2. The van der Waals surface area contributed by atoms with Gasteiger partial charge in [0.1, 0.15) is 95.8 Å². The molecule has 6 aromatic rings. The third-order valence-electron chi connectivity index (χ3n) is 21.9. The molecule has 7 rings (SSSR count). The second kappa shape index (κ2) is 51.2. The Hall–Kier alpha value is -14.1. The third-order valence-corrected chi connectivity index (χ3v) is 21.9. The monoisotopic (exact) mass is 1820 g/mol. The third kappa shape index (κ3) is 33.8. The van der Waals surface area contributed by atoms with Crippen molar-refractivity contribution >= 4 is 94.7 Å². The van der Waals surface area contributed by atoms with Crippen molar-refractivity contribution in [3.63, 3.8) is 0 Å². The van der Waals surface area contributed by atoms with Gasteiger partial charge in [0.2, 0.25) is 76.8 Å². The first kappa shape index (κ1) is 104. The lowest BCUT2D eigenvalue weighted by molar-refractivity contribution is -0.143. The molecule has 0 spiro atoms. The van der Waals surface area contributed by atoms with Crippen LogP contribution in [0.2, 0.25) is 0 Å². The van der Waals surface area contributed by atoms with E-state index in [4.69, 9.17) is 16.9 Å². The van der Waals surface area contributed by atoms with E-state index in [1.165, 1.54) is 103 Å². The lowest BCUT2D eigenvalue weighted by atomic mass is 9.96. The normalized spacial score (nSPS) is 15.6. The van der Waals surface area contributed by atoms with Gasteiger partial charge in [-0.2, -0.15) is 0 Å². The molecule has 131 heavy (non-hydrogen) atoms. The summed E-state index contributed by atoms with van der Waals surface area (Å²) in [6.07, 6.45) is 3.68. The Morgan fingerprint density at radius 2 is 0.840 bits per heavy atom. The Labute approximate surface area is 757 Å². The van der Waals surface area contributed by atoms with E-state index in [2.05, 4.69) is 89.1 Å². The van der Waals surface area contributed by atoms with Crippen LogP contribution in [-0.2, 0) is 110 Å². The maximum atomic E-state index is 15.4. The molecule has 0 unspecified atom stereocenters. The van der Waals surface area contributed by atoms with Crippen LogP contribution in [0.4, 0.5) is 0 Å². The number of carbonyl (C=O) groups is 15. The summed E-state index contributed by atoms with van der Waals surface area (Å²) in [5.41, 5.74) is 13.7. The second-order valence-electron chi connectivity index (χ2n) is 33.7. The standard InChI is InChI=1S/C89H123N21O21/c1-9-50(8)74(109-83(125)67(38-54-23-29-59(114)30-24-54)105-85(127)73(49(6)7)108-76(118)61(17-13-31-95-89(91)92)98-75(117)60(90)41-72(115)116)86(128)106-69(40-56-43-94-46-97-56)87(129)110-32-14-18-71(110)84(126)104-66(35-51-15-11-10-12-16-51)80(122)103-68(39-55-42-93-45-96-55)82(124)100-62(33-47(2)3)77(119)99-63(34-48(4)5)78(120)101-64(36-52-19-25-57(112)26-20-52)79(121)102-65(37-53-21-27-58(113)28-22-53)81(123)107-70(44-111)88(130)131/h10-12,15-16,19-30,42-43,45-50,60-71,73-74,111-114H,9,13-14,17-18,31-41,44,90H2,1-8H3,(H,93,96)(H,94,97)(H,98,117)(H,99,119)(H,100,124)(H,101,120)(H,102,121)(H,103,122)(H,104,126)(H,105,127)(H,106,128)(H,107,123)(H,108,118)(H,109,125)(H,115,116)(H,130,131)(H4,91,92,95)/t50-,60-,61-,62-,63-,64-,65-,66-,67-,68-,69-,70-,71-,73-,74-/m0/s1. The van der Waals surface area contributed by atoms with E-state index in [1.807, 2.05) is 0 Å². The number of benzene rings is 4. The topological polar surface area (TPSA) is 670 Å². The number of nitrogens with zero attached hydrogens (tertiary/aromatic N) is 3. The smallest absolute Gasteiger partial charge is 0.328 e. The maximum absolute atomic E-state index is 15.4. The fourth-order valence-electron chi connectivity index (χ4n) is 14.6. The number of aromatic amines is 2. The fraction of sp³-hybridized carbons (Fsp3) is 0.483. The molecule has 0 aliphatic carbocycles. The molecule has 1 aliphatic heterocycles. The number of carboxylic acid groups (broad SMARTS) is 2. The molecule has 1 fully saturated rings. The molecule has 3 heterocycles. The number of phenols is 3. The molecule has 0 radical (unpaired) electrons. The Bertz CT molecular complexity index is 4830. The zero-order chi connectivity index (χ0) is 96.3. The fourth-order valence-corrected chi connectivity index (χ4v) is 14.6. The Kier molecular flexibility index (Phi) is 40.7. The number of carbonyl (C=O) groups excluding carboxylic acids is 13. The van der Waals surface area contributed by atoms with Gasteiger partial charge in [0.15, 0.2) is 5.96 Å². The molecule has 4 aromatic carbocycles. The molecule has 13 amide bonds. The number of aromatic nitrogens is 4. The maximum Gasteiger partial charge on any atom is 0.328 e. The molecule has 1 aliphatic rings. The molecule has 0 saturated carbocycles. The van der Waals surface area contributed by atoms with E-state index >= 15 is 28.8 Å². The van der Waals surface area contributed by atoms with E-state index in [1.54, 1.807) is 85.7 Å². The van der Waals surface area contributed by atoms with Gasteiger partial charge in [0, 0.05) is 75.4 Å². The number of imidazole rings is 2. The van der Waals surface area contributed by atoms with Crippen LogP contribution in [0, 0.1) is 29.1 Å². The van der Waals surface area contributed by atoms with Gasteiger partial charge in [-0.25, -0.2) is 14.8 Å². The number of rotatable bonds is 52. The number of amides is 13. The first-order valence-electron chi connectivity index (χ1n) is 43.4. The van der Waals surface area contributed by atoms with Crippen LogP contribution in [0.1, 0.15) is 140 Å². The lowest BCUT2D eigenvalue weighted by Gasteiger charge is -2.32. The van der Waals surface area contributed by atoms with Crippen molar-refractivity contribution in [2.24, 2.45) is 35.1 Å². The molecule has 1 saturated heterocycles. The van der Waals surface area contributed by atoms with Crippen molar-refractivity contribution in [3.05, 3.63) is 162 Å². The number of carboxylic acids is 2. The molecule has 42 nitrogen and oxygen atoms in total. The van der Waals surface area contributed by atoms with Crippen molar-refractivity contribution in [3.8, 4) is 17.2 Å². The largest absolute Gasteiger partial charge is 0.508 e. The molecular weight excluding hydrogens is 1700 g/mol. The summed E-state index contributed by atoms with van der Waals surface area (Å²) >= 11 is 0. The van der Waals surface area contributed by atoms with Crippen molar-refractivity contribution in [2.75, 3.05) is 19.7 Å². The first-order chi connectivity index (χ1) is 62.2. The highest BCUT2D eigenvalue weighted by Crippen LogP contribution is 2.24. The predicted octanol–water partition coefficient (Wildman–Crippen LogP) is -1.25. The van der Waals surface area contributed by atoms with Gasteiger partial charge in [-0.15, -0.1) is 0 Å². The number of aliphatic carboxylic acids is 2. The van der Waals surface area contributed by atoms with Gasteiger partial charge >= 0.3 is 11.9 Å². The van der Waals surface area contributed by atoms with Crippen molar-refractivity contribution in [1.82, 2.24) is 94.0 Å². The van der Waals surface area contributed by atoms with Crippen LogP contribution in [0.25, 0.3) is 0 Å². The zero-order valence-electron chi connectivity index (χ0n) is 74.3. The van der Waals surface area contributed by atoms with Gasteiger partial charge in [0.25, 0.3) is 0 Å². The van der Waals surface area contributed by atoms with Gasteiger partial charge in [-0.3, -0.25) is 72.5 Å². The van der Waals surface area contributed by atoms with Gasteiger partial charge in [0.05, 0.1) is 31.7 Å². The minimum atomic E-state index is -1.79. The average molecular weight is 1820 g/mol. The van der Waals surface area contributed by atoms with Crippen LogP contribution in [-0.4, -0.2) is 254 Å². The van der Waals surface area contributed by atoms with Gasteiger partial charge < -0.3 is 126 Å². The van der Waals surface area contributed by atoms with Crippen LogP contribution >= 0.6 is 0 Å². The number of nitrogens with two attached hydrogens (primary N) is 2. The Balaban J connectivity index is 1.12. The SMILES string of the molecule is CC[C@H](C)[C@H](NC(=O)[C@H](Cc1ccc(O)cc1)NC(=O)[C@@H](NC(=O)[C@H](CCCNC(=N)N)NC(=O)[C@@H](N)CC(=O)O)C(C)C)C(=O)N[C@@H](Cc1cnc[nH]1)C(=O)N1CCC[C@H]1C(=O)N[C@@H](Cc1ccccc1)C(=O)N[C@@H](Cc1cnc[nH]1)C(=O)N[C@@H](CC(C)C)C(=O)N[C@@H](CC(C)C)C(=O)N[C@@H](Cc1ccc(O)cc1)C(=O)N[C@@H](Cc1ccc(O)cc1)C(=O)N[C@@H](CO)C(=O)O. The minimum Gasteiger partial charge on any atom is -0.508 e. The Morgan fingerprint density at radius 3 is 1.25 bits per heavy atom. The highest BCUT2D eigenvalue weighted by atomic mass is 16.4. The van der Waals surface area contributed by atoms with E-state index < -0.39 is 198 Å². The second-order valence-corrected chi connectivity index (χ2v) is 33.7. The summed E-state index contributed by atoms with van der Waals surface area (Å²) in [4.78, 5) is 230. The molecule has 2 aromatic heterocycles. The molecular formula is C89H123N21O21. The summed E-state index contributed by atoms with van der Waals surface area (Å²) in [6, 6.07) is 4.43. The van der Waals surface area contributed by atoms with Crippen LogP contribution in [0.3, 0.4) is 0 Å². The number of hydrogen-bond acceptors (Lipinski definition) is 23. The highest BCUT2D eigenvalue weighted by molar-refractivity contribution is 6.01. The summed E-state index contributed by atoms with van der Waals surface area (Å²) in [6.45, 7) is 12.7. The molecule has 15 atom stereocenters. The number of phenolic OH excluding ortho intramolecular Hbond substituents is 3. The summed E-state index contributed by atoms with van der Waals surface area (Å²) in [5, 5.41) is 101. The van der Waals surface area contributed by atoms with E-state index in [-0.39, 0.29) is 132 Å². The van der Waals surface area contributed by atoms with Crippen molar-refractivity contribution in [1.29, 1.82) is 5.41 Å². The van der Waals surface area contributed by atoms with E-state index in [0.29, 0.717) is 33.6 Å². The summed E-state index contributed by atoms with van der Waals surface area (Å²) < 4.78 is 0. The number of guanidine groups is 1. The van der Waals surface area contributed by atoms with Crippen LogP contribution in [0.5, 0.6) is 17.2 Å². The van der Waals surface area contributed by atoms with E-state index in [0.717, 1.165) is 0 Å². The van der Waals surface area contributed by atoms with Crippen molar-refractivity contribution in [2.45, 2.75) is 230 Å². The molecule has 42 heteroatoms. The van der Waals surface area contributed by atoms with Crippen LogP contribution in [0.15, 0.2) is 128 Å². The minimum absolute atomic E-state index is 0.0321.